The molecule has 0 aliphatic rings. The highest BCUT2D eigenvalue weighted by Gasteiger charge is 2.06. The Labute approximate surface area is 81.2 Å². The van der Waals surface area contributed by atoms with Gasteiger partial charge in [-0.2, -0.15) is 0 Å². The van der Waals surface area contributed by atoms with Crippen LogP contribution in [0.25, 0.3) is 11.2 Å². The zero-order valence-electron chi connectivity index (χ0n) is 7.56. The minimum atomic E-state index is 0.510. The van der Waals surface area contributed by atoms with Crippen LogP contribution in [-0.2, 0) is 6.42 Å². The van der Waals surface area contributed by atoms with Crippen molar-refractivity contribution in [2.24, 2.45) is 0 Å². The second-order valence-corrected chi connectivity index (χ2v) is 3.38. The van der Waals surface area contributed by atoms with Crippen LogP contribution in [0.5, 0.6) is 0 Å². The SMILES string of the molecule is CCc1nc2c(C)cc(Cl)nc2[nH]1. The summed E-state index contributed by atoms with van der Waals surface area (Å²) in [5, 5.41) is 0.510. The Bertz CT molecular complexity index is 447. The fourth-order valence-electron chi connectivity index (χ4n) is 1.32. The van der Waals surface area contributed by atoms with E-state index in [2.05, 4.69) is 21.9 Å². The topological polar surface area (TPSA) is 41.6 Å². The van der Waals surface area contributed by atoms with Crippen LogP contribution in [-0.4, -0.2) is 15.0 Å². The summed E-state index contributed by atoms with van der Waals surface area (Å²) in [6.45, 7) is 4.03. The molecule has 0 amide bonds. The molecule has 2 rings (SSSR count). The van der Waals surface area contributed by atoms with Gasteiger partial charge in [-0.1, -0.05) is 18.5 Å². The molecule has 0 spiro atoms. The average Bonchev–Trinajstić information content (AvgIpc) is 2.47. The van der Waals surface area contributed by atoms with Crippen LogP contribution in [0.1, 0.15) is 18.3 Å². The first-order chi connectivity index (χ1) is 6.20. The number of H-pyrrole nitrogens is 1. The first-order valence-corrected chi connectivity index (χ1v) is 4.60. The third-order valence-electron chi connectivity index (χ3n) is 2.00. The zero-order valence-corrected chi connectivity index (χ0v) is 8.31. The van der Waals surface area contributed by atoms with E-state index in [0.717, 1.165) is 29.0 Å². The largest absolute Gasteiger partial charge is 0.327 e. The number of nitrogens with one attached hydrogen (secondary N) is 1. The smallest absolute Gasteiger partial charge is 0.159 e. The summed E-state index contributed by atoms with van der Waals surface area (Å²) in [4.78, 5) is 11.7. The third-order valence-corrected chi connectivity index (χ3v) is 2.19. The molecule has 0 aliphatic heterocycles. The Morgan fingerprint density at radius 3 is 2.92 bits per heavy atom. The normalized spacial score (nSPS) is 11.0. The molecular weight excluding hydrogens is 186 g/mol. The molecule has 3 nitrogen and oxygen atoms in total. The van der Waals surface area contributed by atoms with Crippen molar-refractivity contribution in [3.63, 3.8) is 0 Å². The maximum atomic E-state index is 5.82. The molecule has 0 unspecified atom stereocenters. The molecule has 0 saturated carbocycles. The van der Waals surface area contributed by atoms with Crippen molar-refractivity contribution in [3.05, 3.63) is 22.6 Å². The van der Waals surface area contributed by atoms with Gasteiger partial charge in [0.1, 0.15) is 16.5 Å². The number of aryl methyl sites for hydroxylation is 2. The number of aromatic amines is 1. The molecule has 2 aromatic rings. The zero-order chi connectivity index (χ0) is 9.42. The number of imidazole rings is 1. The lowest BCUT2D eigenvalue weighted by atomic mass is 10.3. The van der Waals surface area contributed by atoms with Crippen molar-refractivity contribution in [3.8, 4) is 0 Å². The number of hydrogen-bond donors (Lipinski definition) is 1. The van der Waals surface area contributed by atoms with E-state index in [1.807, 2.05) is 13.0 Å². The van der Waals surface area contributed by atoms with E-state index < -0.39 is 0 Å². The summed E-state index contributed by atoms with van der Waals surface area (Å²) in [5.41, 5.74) is 2.76. The van der Waals surface area contributed by atoms with Gasteiger partial charge in [-0.3, -0.25) is 0 Å². The number of pyridine rings is 1. The van der Waals surface area contributed by atoms with Gasteiger partial charge in [-0.25, -0.2) is 9.97 Å². The van der Waals surface area contributed by atoms with Gasteiger partial charge in [-0.05, 0) is 18.6 Å². The number of rotatable bonds is 1. The van der Waals surface area contributed by atoms with E-state index in [1.54, 1.807) is 0 Å². The van der Waals surface area contributed by atoms with E-state index in [-0.39, 0.29) is 0 Å². The Morgan fingerprint density at radius 1 is 1.46 bits per heavy atom. The standard InChI is InChI=1S/C9H10ClN3/c1-3-7-12-8-5(2)4-6(10)11-9(8)13-7/h4H,3H2,1-2H3,(H,11,12,13). The highest BCUT2D eigenvalue weighted by Crippen LogP contribution is 2.17. The quantitative estimate of drug-likeness (QED) is 0.711. The Kier molecular flexibility index (Phi) is 1.96. The number of aromatic nitrogens is 3. The van der Waals surface area contributed by atoms with Crippen LogP contribution in [0.15, 0.2) is 6.07 Å². The van der Waals surface area contributed by atoms with Gasteiger partial charge in [0.25, 0.3) is 0 Å². The molecule has 2 aromatic heterocycles. The lowest BCUT2D eigenvalue weighted by Crippen LogP contribution is -1.81. The van der Waals surface area contributed by atoms with Crippen LogP contribution >= 0.6 is 11.6 Å². The molecule has 2 heterocycles. The second kappa shape index (κ2) is 3.00. The van der Waals surface area contributed by atoms with Gasteiger partial charge in [0, 0.05) is 6.42 Å². The minimum absolute atomic E-state index is 0.510. The fourth-order valence-corrected chi connectivity index (χ4v) is 1.57. The van der Waals surface area contributed by atoms with Crippen LogP contribution in [0, 0.1) is 6.92 Å². The molecule has 0 radical (unpaired) electrons. The molecular formula is C9H10ClN3. The highest BCUT2D eigenvalue weighted by atomic mass is 35.5. The second-order valence-electron chi connectivity index (χ2n) is 3.00. The fraction of sp³-hybridized carbons (Fsp3) is 0.333. The number of nitrogens with zero attached hydrogens (tertiary/aromatic N) is 2. The predicted octanol–water partition coefficient (Wildman–Crippen LogP) is 2.48. The summed E-state index contributed by atoms with van der Waals surface area (Å²) in [5.74, 6) is 0.952. The maximum absolute atomic E-state index is 5.82. The van der Waals surface area contributed by atoms with Gasteiger partial charge in [0.2, 0.25) is 0 Å². The molecule has 68 valence electrons. The van der Waals surface area contributed by atoms with Crippen LogP contribution < -0.4 is 0 Å². The van der Waals surface area contributed by atoms with Gasteiger partial charge in [0.15, 0.2) is 5.65 Å². The summed E-state index contributed by atoms with van der Waals surface area (Å²) in [6.07, 6.45) is 0.882. The van der Waals surface area contributed by atoms with Crippen molar-refractivity contribution >= 4 is 22.8 Å². The molecule has 0 saturated heterocycles. The van der Waals surface area contributed by atoms with Gasteiger partial charge < -0.3 is 4.98 Å². The Morgan fingerprint density at radius 2 is 2.23 bits per heavy atom. The molecule has 0 aliphatic carbocycles. The molecule has 4 heteroatoms. The van der Waals surface area contributed by atoms with E-state index >= 15 is 0 Å². The molecule has 1 N–H and O–H groups in total. The van der Waals surface area contributed by atoms with Crippen LogP contribution in [0.3, 0.4) is 0 Å². The summed E-state index contributed by atoms with van der Waals surface area (Å²) in [7, 11) is 0. The van der Waals surface area contributed by atoms with Gasteiger partial charge in [-0.15, -0.1) is 0 Å². The van der Waals surface area contributed by atoms with Crippen molar-refractivity contribution < 1.29 is 0 Å². The van der Waals surface area contributed by atoms with E-state index in [9.17, 15) is 0 Å². The molecule has 0 bridgehead atoms. The summed E-state index contributed by atoms with van der Waals surface area (Å²) < 4.78 is 0. The number of halogens is 1. The van der Waals surface area contributed by atoms with Crippen molar-refractivity contribution in [2.45, 2.75) is 20.3 Å². The van der Waals surface area contributed by atoms with Gasteiger partial charge in [0.05, 0.1) is 0 Å². The van der Waals surface area contributed by atoms with Crippen LogP contribution in [0.4, 0.5) is 0 Å². The minimum Gasteiger partial charge on any atom is -0.327 e. The lowest BCUT2D eigenvalue weighted by Gasteiger charge is -1.93. The first-order valence-electron chi connectivity index (χ1n) is 4.22. The number of hydrogen-bond acceptors (Lipinski definition) is 2. The van der Waals surface area contributed by atoms with E-state index in [0.29, 0.717) is 5.15 Å². The van der Waals surface area contributed by atoms with E-state index in [4.69, 9.17) is 11.6 Å². The highest BCUT2D eigenvalue weighted by molar-refractivity contribution is 6.29. The maximum Gasteiger partial charge on any atom is 0.159 e. The lowest BCUT2D eigenvalue weighted by molar-refractivity contribution is 0.997. The monoisotopic (exact) mass is 195 g/mol. The summed E-state index contributed by atoms with van der Waals surface area (Å²) in [6, 6.07) is 1.82. The predicted molar refractivity (Wildman–Crippen MR) is 53.0 cm³/mol. The molecule has 13 heavy (non-hydrogen) atoms. The average molecular weight is 196 g/mol. The molecule has 0 atom stereocenters. The Hall–Kier alpha value is -1.09. The Balaban J connectivity index is 2.75. The summed E-state index contributed by atoms with van der Waals surface area (Å²) >= 11 is 5.82. The molecule has 0 fully saturated rings. The number of fused-ring (bicyclic) bond motifs is 1. The third kappa shape index (κ3) is 1.40. The van der Waals surface area contributed by atoms with Gasteiger partial charge >= 0.3 is 0 Å². The van der Waals surface area contributed by atoms with Crippen molar-refractivity contribution in [1.29, 1.82) is 0 Å². The van der Waals surface area contributed by atoms with Crippen LogP contribution in [0.2, 0.25) is 5.15 Å². The molecule has 0 aromatic carbocycles. The van der Waals surface area contributed by atoms with Crippen molar-refractivity contribution in [1.82, 2.24) is 15.0 Å². The first kappa shape index (κ1) is 8.51. The van der Waals surface area contributed by atoms with E-state index in [1.165, 1.54) is 0 Å². The van der Waals surface area contributed by atoms with Crippen molar-refractivity contribution in [2.75, 3.05) is 0 Å².